The largest absolute Gasteiger partial charge is 0.330 e. The highest BCUT2D eigenvalue weighted by Gasteiger charge is 2.35. The van der Waals surface area contributed by atoms with Gasteiger partial charge >= 0.3 is 0 Å². The molecule has 1 aliphatic carbocycles. The summed E-state index contributed by atoms with van der Waals surface area (Å²) in [5.41, 5.74) is 12.9. The third-order valence-corrected chi connectivity index (χ3v) is 6.19. The molecule has 1 aliphatic rings. The van der Waals surface area contributed by atoms with Crippen LogP contribution < -0.4 is 10.9 Å². The van der Waals surface area contributed by atoms with Crippen molar-refractivity contribution >= 4 is 17.6 Å². The number of quaternary nitrogens is 1. The molecular formula is C27H37BN+. The lowest BCUT2D eigenvalue weighted by Gasteiger charge is -2.32. The van der Waals surface area contributed by atoms with Crippen LogP contribution in [0.3, 0.4) is 0 Å². The molecule has 1 unspecified atom stereocenters. The van der Waals surface area contributed by atoms with Gasteiger partial charge in [0.05, 0.1) is 27.7 Å². The first-order valence-corrected chi connectivity index (χ1v) is 10.8. The van der Waals surface area contributed by atoms with Crippen molar-refractivity contribution in [3.63, 3.8) is 0 Å². The third kappa shape index (κ3) is 4.59. The van der Waals surface area contributed by atoms with Crippen LogP contribution in [0.1, 0.15) is 33.4 Å². The van der Waals surface area contributed by atoms with Crippen molar-refractivity contribution in [3.8, 4) is 0 Å². The van der Waals surface area contributed by atoms with Crippen LogP contribution in [-0.2, 0) is 0 Å². The highest BCUT2D eigenvalue weighted by molar-refractivity contribution is 6.92. The lowest BCUT2D eigenvalue weighted by atomic mass is 9.32. The Hall–Kier alpha value is -2.06. The van der Waals surface area contributed by atoms with Gasteiger partial charge in [0.25, 0.3) is 0 Å². The van der Waals surface area contributed by atoms with E-state index in [-0.39, 0.29) is 0 Å². The lowest BCUT2D eigenvalue weighted by Crippen LogP contribution is -2.52. The molecule has 0 amide bonds. The average molecular weight is 386 g/mol. The van der Waals surface area contributed by atoms with Gasteiger partial charge in [-0.05, 0) is 41.5 Å². The van der Waals surface area contributed by atoms with Crippen molar-refractivity contribution in [2.75, 3.05) is 27.7 Å². The van der Waals surface area contributed by atoms with E-state index in [1.165, 1.54) is 44.3 Å². The van der Waals surface area contributed by atoms with Gasteiger partial charge in [0, 0.05) is 5.92 Å². The van der Waals surface area contributed by atoms with Crippen molar-refractivity contribution in [2.45, 2.75) is 41.5 Å². The maximum atomic E-state index is 2.41. The van der Waals surface area contributed by atoms with Crippen LogP contribution in [0.25, 0.3) is 0 Å². The molecule has 0 aromatic heterocycles. The molecule has 2 aromatic rings. The van der Waals surface area contributed by atoms with E-state index in [0.29, 0.717) is 12.6 Å². The van der Waals surface area contributed by atoms with Crippen molar-refractivity contribution in [2.24, 2.45) is 5.92 Å². The quantitative estimate of drug-likeness (QED) is 0.524. The van der Waals surface area contributed by atoms with E-state index in [1.54, 1.807) is 5.47 Å². The number of hydrogen-bond acceptors (Lipinski definition) is 0. The SMILES string of the molecule is Cc1cc(C)c(B(C2=CC=CC2C[N+](C)(C)C)c2c(C)cc(C)cc2C)c(C)c1. The Morgan fingerprint density at radius 1 is 0.724 bits per heavy atom. The maximum absolute atomic E-state index is 2.41. The highest BCUT2D eigenvalue weighted by atomic mass is 15.3. The lowest BCUT2D eigenvalue weighted by molar-refractivity contribution is -0.872. The van der Waals surface area contributed by atoms with E-state index in [0.717, 1.165) is 11.0 Å². The van der Waals surface area contributed by atoms with Gasteiger partial charge in [-0.3, -0.25) is 0 Å². The first kappa shape index (κ1) is 21.6. The monoisotopic (exact) mass is 386 g/mol. The number of benzene rings is 2. The predicted molar refractivity (Wildman–Crippen MR) is 130 cm³/mol. The molecule has 0 radical (unpaired) electrons. The van der Waals surface area contributed by atoms with E-state index >= 15 is 0 Å². The van der Waals surface area contributed by atoms with Crippen LogP contribution in [0.5, 0.6) is 0 Å². The molecule has 0 N–H and O–H groups in total. The van der Waals surface area contributed by atoms with Gasteiger partial charge in [-0.25, -0.2) is 0 Å². The predicted octanol–water partition coefficient (Wildman–Crippen LogP) is 4.50. The first-order valence-electron chi connectivity index (χ1n) is 10.8. The zero-order valence-corrected chi connectivity index (χ0v) is 19.9. The summed E-state index contributed by atoms with van der Waals surface area (Å²) in [5, 5.41) is 0. The zero-order valence-electron chi connectivity index (χ0n) is 19.9. The first-order chi connectivity index (χ1) is 13.5. The van der Waals surface area contributed by atoms with E-state index in [1.807, 2.05) is 0 Å². The van der Waals surface area contributed by atoms with Gasteiger partial charge in [0.2, 0.25) is 6.71 Å². The second-order valence-corrected chi connectivity index (χ2v) is 10.2. The summed E-state index contributed by atoms with van der Waals surface area (Å²) in [6.45, 7) is 15.0. The Balaban J connectivity index is 2.25. The number of aryl methyl sites for hydroxylation is 6. The Morgan fingerprint density at radius 3 is 1.52 bits per heavy atom. The Bertz CT molecular complexity index is 885. The molecule has 0 fully saturated rings. The van der Waals surface area contributed by atoms with Crippen molar-refractivity contribution in [1.82, 2.24) is 0 Å². The topological polar surface area (TPSA) is 0 Å². The molecule has 0 heterocycles. The fraction of sp³-hybridized carbons (Fsp3) is 0.407. The van der Waals surface area contributed by atoms with E-state index in [2.05, 4.69) is 105 Å². The molecular weight excluding hydrogens is 349 g/mol. The summed E-state index contributed by atoms with van der Waals surface area (Å²) in [6, 6.07) is 9.41. The Kier molecular flexibility index (Phi) is 5.97. The van der Waals surface area contributed by atoms with Crippen molar-refractivity contribution < 1.29 is 4.48 Å². The van der Waals surface area contributed by atoms with Crippen LogP contribution in [0.15, 0.2) is 48.0 Å². The van der Waals surface area contributed by atoms with Crippen LogP contribution in [0.2, 0.25) is 0 Å². The van der Waals surface area contributed by atoms with E-state index in [9.17, 15) is 0 Å². The van der Waals surface area contributed by atoms with Crippen LogP contribution in [-0.4, -0.2) is 38.9 Å². The Labute approximate surface area is 178 Å². The summed E-state index contributed by atoms with van der Waals surface area (Å²) >= 11 is 0. The summed E-state index contributed by atoms with van der Waals surface area (Å²) in [5.74, 6) is 0.472. The molecule has 152 valence electrons. The van der Waals surface area contributed by atoms with Gasteiger partial charge in [-0.1, -0.05) is 92.3 Å². The maximum Gasteiger partial charge on any atom is 0.239 e. The second-order valence-electron chi connectivity index (χ2n) is 10.2. The molecule has 1 nitrogen and oxygen atoms in total. The molecule has 0 bridgehead atoms. The van der Waals surface area contributed by atoms with Gasteiger partial charge in [0.1, 0.15) is 0 Å². The minimum absolute atomic E-state index is 0.308. The van der Waals surface area contributed by atoms with E-state index < -0.39 is 0 Å². The fourth-order valence-corrected chi connectivity index (χ4v) is 5.37. The second kappa shape index (κ2) is 7.99. The smallest absolute Gasteiger partial charge is 0.239 e. The van der Waals surface area contributed by atoms with Gasteiger partial charge in [-0.15, -0.1) is 0 Å². The molecule has 0 spiro atoms. The van der Waals surface area contributed by atoms with Crippen LogP contribution in [0.4, 0.5) is 0 Å². The minimum Gasteiger partial charge on any atom is -0.330 e. The third-order valence-electron chi connectivity index (χ3n) is 6.19. The molecule has 0 saturated carbocycles. The molecule has 2 heteroatoms. The fourth-order valence-electron chi connectivity index (χ4n) is 5.37. The van der Waals surface area contributed by atoms with Gasteiger partial charge < -0.3 is 4.48 Å². The number of nitrogens with zero attached hydrogens (tertiary/aromatic N) is 1. The molecule has 2 aromatic carbocycles. The summed E-state index contributed by atoms with van der Waals surface area (Å²) < 4.78 is 0.969. The number of hydrogen-bond donors (Lipinski definition) is 0. The molecule has 1 atom stereocenters. The average Bonchev–Trinajstić information content (AvgIpc) is 2.97. The van der Waals surface area contributed by atoms with Gasteiger partial charge in [-0.2, -0.15) is 0 Å². The van der Waals surface area contributed by atoms with E-state index in [4.69, 9.17) is 0 Å². The summed E-state index contributed by atoms with van der Waals surface area (Å²) in [6.07, 6.45) is 7.08. The molecule has 3 rings (SSSR count). The number of allylic oxidation sites excluding steroid dienone is 2. The Morgan fingerprint density at radius 2 is 1.14 bits per heavy atom. The van der Waals surface area contributed by atoms with Crippen LogP contribution >= 0.6 is 0 Å². The standard InChI is InChI=1S/C27H37BN/c1-18-13-20(3)26(21(4)14-18)28(27-22(5)15-19(2)16-23(27)6)25-12-10-11-24(25)17-29(7,8)9/h10-16,24H,17H2,1-9H3/q+1. The normalized spacial score (nSPS) is 16.3. The number of rotatable bonds is 5. The van der Waals surface area contributed by atoms with Crippen molar-refractivity contribution in [3.05, 3.63) is 81.3 Å². The molecule has 29 heavy (non-hydrogen) atoms. The molecule has 0 aliphatic heterocycles. The van der Waals surface area contributed by atoms with Crippen LogP contribution in [0, 0.1) is 47.5 Å². The van der Waals surface area contributed by atoms with Crippen molar-refractivity contribution in [1.29, 1.82) is 0 Å². The zero-order chi connectivity index (χ0) is 21.5. The summed E-state index contributed by atoms with van der Waals surface area (Å²) in [4.78, 5) is 0. The minimum atomic E-state index is 0.308. The van der Waals surface area contributed by atoms with Gasteiger partial charge in [0.15, 0.2) is 0 Å². The molecule has 0 saturated heterocycles. The summed E-state index contributed by atoms with van der Waals surface area (Å²) in [7, 11) is 6.89. The highest BCUT2D eigenvalue weighted by Crippen LogP contribution is 2.27.